The zero-order valence-corrected chi connectivity index (χ0v) is 39.0. The predicted octanol–water partition coefficient (Wildman–Crippen LogP) is 10.1. The van der Waals surface area contributed by atoms with Gasteiger partial charge in [0.05, 0.1) is 42.3 Å². The number of benzene rings is 4. The monoisotopic (exact) mass is 993 g/mol. The minimum atomic E-state index is -0.101. The Morgan fingerprint density at radius 1 is 0.515 bits per heavy atom. The minimum Gasteiger partial charge on any atom is -0.472 e. The van der Waals surface area contributed by atoms with Gasteiger partial charge in [0.2, 0.25) is 11.8 Å². The number of fused-ring (bicyclic) bond motifs is 2. The summed E-state index contributed by atoms with van der Waals surface area (Å²) in [4.78, 5) is 49.4. The molecule has 10 rings (SSSR count). The number of likely N-dealkylation sites (tertiary alicyclic amines) is 2. The number of aromatic nitrogens is 7. The van der Waals surface area contributed by atoms with E-state index in [2.05, 4.69) is 56.4 Å². The molecule has 6 heterocycles. The standard InChI is InChI=1S/C25H22N4O2.C23H21N5O2.2C2H4.HI/c30-25(22-11-4-3-10-21(22)23-26-13-6-14-27-23)29-16-5-8-19(17-29)31-24-20-9-2-1-7-18(20)12-15-28-24;29-23(20-9-3-4-10-21(20)28-25-13-14-26-28)27-15-5-7-18(16-27)30-22-19-8-2-1-6-17(19)11-12-24-22;2*1-2;/h1-4,6-7,9-15,19H,5,8,16-17H2;1-4,6,8-14,18H,5,7,15-16H2;2*1-2H2;1H/t19-;18-;;;/m11.../s1. The molecule has 0 N–H and O–H groups in total. The average Bonchev–Trinajstić information content (AvgIpc) is 3.94. The van der Waals surface area contributed by atoms with Gasteiger partial charge >= 0.3 is 0 Å². The molecule has 0 bridgehead atoms. The fourth-order valence-electron chi connectivity index (χ4n) is 7.94. The molecule has 2 fully saturated rings. The highest BCUT2D eigenvalue weighted by atomic mass is 127. The second-order valence-corrected chi connectivity index (χ2v) is 14.9. The van der Waals surface area contributed by atoms with Crippen molar-refractivity contribution in [3.05, 3.63) is 190 Å². The molecule has 66 heavy (non-hydrogen) atoms. The number of nitrogens with zero attached hydrogens (tertiary/aromatic N) is 9. The third kappa shape index (κ3) is 11.5. The van der Waals surface area contributed by atoms with Crippen molar-refractivity contribution >= 4 is 57.3 Å². The summed E-state index contributed by atoms with van der Waals surface area (Å²) in [6.07, 6.45) is 13.4. The summed E-state index contributed by atoms with van der Waals surface area (Å²) in [5, 5.41) is 12.5. The van der Waals surface area contributed by atoms with Gasteiger partial charge in [-0.2, -0.15) is 15.0 Å². The number of halogens is 1. The van der Waals surface area contributed by atoms with Gasteiger partial charge in [-0.1, -0.05) is 66.7 Å². The van der Waals surface area contributed by atoms with E-state index in [1.807, 2.05) is 119 Å². The minimum absolute atomic E-state index is 0. The zero-order chi connectivity index (χ0) is 45.4. The fraction of sp³-hybridized carbons (Fsp3) is 0.192. The normalized spacial score (nSPS) is 15.3. The van der Waals surface area contributed by atoms with Crippen molar-refractivity contribution in [2.45, 2.75) is 37.9 Å². The molecule has 2 saturated heterocycles. The Morgan fingerprint density at radius 3 is 1.55 bits per heavy atom. The lowest BCUT2D eigenvalue weighted by Crippen LogP contribution is -2.44. The quantitative estimate of drug-likeness (QED) is 0.107. The molecule has 14 heteroatoms. The van der Waals surface area contributed by atoms with Crippen LogP contribution in [0.5, 0.6) is 11.8 Å². The first-order valence-electron chi connectivity index (χ1n) is 21.5. The number of carbonyl (C=O) groups excluding carboxylic acids is 2. The molecule has 2 atom stereocenters. The summed E-state index contributed by atoms with van der Waals surface area (Å²) >= 11 is 0. The summed E-state index contributed by atoms with van der Waals surface area (Å²) < 4.78 is 12.5. The molecule has 4 aromatic heterocycles. The molecule has 0 saturated carbocycles. The molecule has 2 aliphatic rings. The van der Waals surface area contributed by atoms with Crippen molar-refractivity contribution < 1.29 is 19.1 Å². The first-order chi connectivity index (χ1) is 32.1. The van der Waals surface area contributed by atoms with Gasteiger partial charge in [0.15, 0.2) is 5.82 Å². The van der Waals surface area contributed by atoms with Crippen LogP contribution in [0.3, 0.4) is 0 Å². The Balaban J connectivity index is 0.000000200. The Labute approximate surface area is 401 Å². The summed E-state index contributed by atoms with van der Waals surface area (Å²) in [6.45, 7) is 14.4. The molecule has 0 spiro atoms. The number of hydrogen-bond acceptors (Lipinski definition) is 10. The fourth-order valence-corrected chi connectivity index (χ4v) is 7.94. The van der Waals surface area contributed by atoms with E-state index in [1.54, 1.807) is 43.2 Å². The summed E-state index contributed by atoms with van der Waals surface area (Å²) in [5.74, 6) is 1.73. The summed E-state index contributed by atoms with van der Waals surface area (Å²) in [5.41, 5.74) is 2.60. The van der Waals surface area contributed by atoms with E-state index < -0.39 is 0 Å². The number of pyridine rings is 2. The largest absolute Gasteiger partial charge is 0.472 e. The maximum Gasteiger partial charge on any atom is 0.256 e. The first kappa shape index (κ1) is 48.1. The van der Waals surface area contributed by atoms with Crippen molar-refractivity contribution in [2.75, 3.05) is 26.2 Å². The topological polar surface area (TPSA) is 141 Å². The van der Waals surface area contributed by atoms with Gasteiger partial charge in [0, 0.05) is 54.2 Å². The third-order valence-corrected chi connectivity index (χ3v) is 10.9. The Hall–Kier alpha value is -7.33. The van der Waals surface area contributed by atoms with Crippen LogP contribution in [0.1, 0.15) is 46.4 Å². The summed E-state index contributed by atoms with van der Waals surface area (Å²) in [7, 11) is 0. The summed E-state index contributed by atoms with van der Waals surface area (Å²) in [6, 6.07) is 36.7. The van der Waals surface area contributed by atoms with Crippen LogP contribution >= 0.6 is 24.0 Å². The lowest BCUT2D eigenvalue weighted by atomic mass is 10.0. The number of rotatable bonds is 8. The van der Waals surface area contributed by atoms with Crippen LogP contribution in [-0.2, 0) is 0 Å². The van der Waals surface area contributed by atoms with Gasteiger partial charge in [-0.25, -0.2) is 19.9 Å². The smallest absolute Gasteiger partial charge is 0.256 e. The van der Waals surface area contributed by atoms with E-state index in [0.29, 0.717) is 60.6 Å². The van der Waals surface area contributed by atoms with Crippen LogP contribution in [-0.4, -0.2) is 94.9 Å². The number of para-hydroxylation sites is 1. The van der Waals surface area contributed by atoms with E-state index in [9.17, 15) is 9.59 Å². The molecule has 0 radical (unpaired) electrons. The molecule has 2 aliphatic heterocycles. The highest BCUT2D eigenvalue weighted by Gasteiger charge is 2.29. The van der Waals surface area contributed by atoms with Crippen molar-refractivity contribution in [1.29, 1.82) is 0 Å². The molecule has 8 aromatic rings. The van der Waals surface area contributed by atoms with Crippen LogP contribution in [0.4, 0.5) is 0 Å². The third-order valence-electron chi connectivity index (χ3n) is 10.9. The molecular weight excluding hydrogens is 942 g/mol. The number of piperidine rings is 2. The van der Waals surface area contributed by atoms with Crippen LogP contribution in [0, 0.1) is 0 Å². The van der Waals surface area contributed by atoms with Crippen molar-refractivity contribution in [2.24, 2.45) is 0 Å². The number of amides is 2. The number of carbonyl (C=O) groups is 2. The highest BCUT2D eigenvalue weighted by molar-refractivity contribution is 14.0. The SMILES string of the molecule is C=C.C=C.I.O=C(c1ccccc1-c1ncccn1)N1CCC[C@@H](Oc2nccc3ccccc23)C1.O=C(c1ccccc1-n1nccn1)N1CCC[C@@H](Oc2nccc3ccccc23)C1. The highest BCUT2D eigenvalue weighted by Crippen LogP contribution is 2.29. The van der Waals surface area contributed by atoms with Gasteiger partial charge in [0.25, 0.3) is 11.8 Å². The average molecular weight is 994 g/mol. The number of ether oxygens (including phenoxy) is 2. The van der Waals surface area contributed by atoms with Crippen LogP contribution in [0.15, 0.2) is 179 Å². The van der Waals surface area contributed by atoms with Gasteiger partial charge in [-0.05, 0) is 85.0 Å². The molecule has 0 aliphatic carbocycles. The van der Waals surface area contributed by atoms with E-state index in [1.165, 1.54) is 4.80 Å². The molecule has 13 nitrogen and oxygen atoms in total. The van der Waals surface area contributed by atoms with E-state index >= 15 is 0 Å². The van der Waals surface area contributed by atoms with E-state index in [0.717, 1.165) is 52.8 Å². The zero-order valence-electron chi connectivity index (χ0n) is 36.6. The van der Waals surface area contributed by atoms with Crippen LogP contribution in [0.25, 0.3) is 38.6 Å². The van der Waals surface area contributed by atoms with Crippen molar-refractivity contribution in [3.63, 3.8) is 0 Å². The lowest BCUT2D eigenvalue weighted by Gasteiger charge is -2.33. The Morgan fingerprint density at radius 2 is 0.985 bits per heavy atom. The van der Waals surface area contributed by atoms with Crippen molar-refractivity contribution in [1.82, 2.24) is 44.7 Å². The van der Waals surface area contributed by atoms with Gasteiger partial charge in [-0.3, -0.25) is 9.59 Å². The molecule has 0 unspecified atom stereocenters. The molecule has 4 aromatic carbocycles. The Kier molecular flexibility index (Phi) is 17.6. The van der Waals surface area contributed by atoms with Gasteiger partial charge in [0.1, 0.15) is 12.2 Å². The lowest BCUT2D eigenvalue weighted by molar-refractivity contribution is 0.0529. The van der Waals surface area contributed by atoms with E-state index in [-0.39, 0.29) is 48.0 Å². The van der Waals surface area contributed by atoms with Crippen LogP contribution in [0.2, 0.25) is 0 Å². The maximum absolute atomic E-state index is 13.4. The number of hydrogen-bond donors (Lipinski definition) is 0. The van der Waals surface area contributed by atoms with Crippen molar-refractivity contribution in [3.8, 4) is 28.8 Å². The maximum atomic E-state index is 13.4. The second-order valence-electron chi connectivity index (χ2n) is 14.9. The molecule has 2 amide bonds. The molecule has 336 valence electrons. The Bertz CT molecular complexity index is 2800. The molecular formula is C52H52IN9O4. The van der Waals surface area contributed by atoms with Gasteiger partial charge < -0.3 is 19.3 Å². The predicted molar refractivity (Wildman–Crippen MR) is 269 cm³/mol. The van der Waals surface area contributed by atoms with Crippen LogP contribution < -0.4 is 9.47 Å². The van der Waals surface area contributed by atoms with Gasteiger partial charge in [-0.15, -0.1) is 50.3 Å². The first-order valence-corrected chi connectivity index (χ1v) is 21.5. The second kappa shape index (κ2) is 24.1. The van der Waals surface area contributed by atoms with E-state index in [4.69, 9.17) is 9.47 Å².